The van der Waals surface area contributed by atoms with Crippen molar-refractivity contribution in [3.8, 4) is 0 Å². The van der Waals surface area contributed by atoms with Gasteiger partial charge < -0.3 is 10.1 Å². The SMILES string of the molecule is Cc1cccc2c1CCOC2C(=O)Nc1ccccc1. The van der Waals surface area contributed by atoms with Crippen LogP contribution in [0, 0.1) is 6.92 Å². The zero-order chi connectivity index (χ0) is 13.9. The largest absolute Gasteiger partial charge is 0.363 e. The van der Waals surface area contributed by atoms with E-state index in [0.29, 0.717) is 6.61 Å². The molecule has 2 aromatic rings. The number of aryl methyl sites for hydroxylation is 1. The molecule has 20 heavy (non-hydrogen) atoms. The molecule has 1 N–H and O–H groups in total. The van der Waals surface area contributed by atoms with Gasteiger partial charge in [-0.15, -0.1) is 0 Å². The molecule has 3 heteroatoms. The van der Waals surface area contributed by atoms with Crippen molar-refractivity contribution in [2.45, 2.75) is 19.4 Å². The number of nitrogens with one attached hydrogen (secondary N) is 1. The van der Waals surface area contributed by atoms with E-state index in [1.165, 1.54) is 11.1 Å². The summed E-state index contributed by atoms with van der Waals surface area (Å²) in [6.45, 7) is 2.67. The average molecular weight is 267 g/mol. The van der Waals surface area contributed by atoms with Gasteiger partial charge >= 0.3 is 0 Å². The second kappa shape index (κ2) is 5.47. The Morgan fingerprint density at radius 2 is 1.95 bits per heavy atom. The molecule has 1 aliphatic heterocycles. The fraction of sp³-hybridized carbons (Fsp3) is 0.235. The molecule has 102 valence electrons. The van der Waals surface area contributed by atoms with Gasteiger partial charge in [0.1, 0.15) is 0 Å². The van der Waals surface area contributed by atoms with Crippen molar-refractivity contribution in [1.82, 2.24) is 0 Å². The highest BCUT2D eigenvalue weighted by atomic mass is 16.5. The normalized spacial score (nSPS) is 17.4. The third kappa shape index (κ3) is 2.45. The van der Waals surface area contributed by atoms with Gasteiger partial charge in [-0.1, -0.05) is 36.4 Å². The van der Waals surface area contributed by atoms with E-state index in [1.54, 1.807) is 0 Å². The Kier molecular flexibility index (Phi) is 3.52. The number of benzene rings is 2. The first-order chi connectivity index (χ1) is 9.75. The molecule has 0 spiro atoms. The molecule has 0 aliphatic carbocycles. The number of amides is 1. The van der Waals surface area contributed by atoms with Gasteiger partial charge in [-0.3, -0.25) is 4.79 Å². The smallest absolute Gasteiger partial charge is 0.258 e. The van der Waals surface area contributed by atoms with Crippen molar-refractivity contribution in [2.24, 2.45) is 0 Å². The van der Waals surface area contributed by atoms with Crippen molar-refractivity contribution in [1.29, 1.82) is 0 Å². The molecule has 1 unspecified atom stereocenters. The lowest BCUT2D eigenvalue weighted by Gasteiger charge is -2.26. The minimum absolute atomic E-state index is 0.109. The van der Waals surface area contributed by atoms with Crippen LogP contribution in [0.4, 0.5) is 5.69 Å². The maximum Gasteiger partial charge on any atom is 0.258 e. The highest BCUT2D eigenvalue weighted by molar-refractivity contribution is 5.95. The Balaban J connectivity index is 1.86. The first kappa shape index (κ1) is 12.9. The topological polar surface area (TPSA) is 38.3 Å². The van der Waals surface area contributed by atoms with Crippen LogP contribution in [0.15, 0.2) is 48.5 Å². The Hall–Kier alpha value is -2.13. The first-order valence-electron chi connectivity index (χ1n) is 6.81. The maximum absolute atomic E-state index is 12.4. The number of anilines is 1. The van der Waals surface area contributed by atoms with Crippen LogP contribution in [-0.4, -0.2) is 12.5 Å². The Bertz CT molecular complexity index is 622. The zero-order valence-corrected chi connectivity index (χ0v) is 11.4. The van der Waals surface area contributed by atoms with Gasteiger partial charge in [-0.25, -0.2) is 0 Å². The average Bonchev–Trinajstić information content (AvgIpc) is 2.48. The van der Waals surface area contributed by atoms with Crippen molar-refractivity contribution in [2.75, 3.05) is 11.9 Å². The molecule has 0 aromatic heterocycles. The lowest BCUT2D eigenvalue weighted by atomic mass is 9.93. The van der Waals surface area contributed by atoms with Gasteiger partial charge in [0.15, 0.2) is 6.10 Å². The third-order valence-electron chi connectivity index (χ3n) is 3.64. The molecule has 1 aliphatic rings. The molecule has 3 nitrogen and oxygen atoms in total. The Morgan fingerprint density at radius 3 is 2.75 bits per heavy atom. The number of para-hydroxylation sites is 1. The molecule has 0 fully saturated rings. The number of carbonyl (C=O) groups is 1. The number of hydrogen-bond acceptors (Lipinski definition) is 2. The predicted octanol–water partition coefficient (Wildman–Crippen LogP) is 3.25. The molecule has 3 rings (SSSR count). The van der Waals surface area contributed by atoms with Crippen LogP contribution in [0.3, 0.4) is 0 Å². The molecule has 2 aromatic carbocycles. The van der Waals surface area contributed by atoms with Gasteiger partial charge in [-0.2, -0.15) is 0 Å². The zero-order valence-electron chi connectivity index (χ0n) is 11.4. The van der Waals surface area contributed by atoms with E-state index >= 15 is 0 Å². The van der Waals surface area contributed by atoms with Crippen molar-refractivity contribution in [3.05, 3.63) is 65.2 Å². The van der Waals surface area contributed by atoms with Crippen LogP contribution in [0.1, 0.15) is 22.8 Å². The van der Waals surface area contributed by atoms with E-state index in [1.807, 2.05) is 42.5 Å². The van der Waals surface area contributed by atoms with Gasteiger partial charge in [0, 0.05) is 5.69 Å². The van der Waals surface area contributed by atoms with E-state index in [-0.39, 0.29) is 5.91 Å². The Morgan fingerprint density at radius 1 is 1.15 bits per heavy atom. The number of ether oxygens (including phenoxy) is 1. The molecular weight excluding hydrogens is 250 g/mol. The van der Waals surface area contributed by atoms with Crippen molar-refractivity contribution >= 4 is 11.6 Å². The number of carbonyl (C=O) groups excluding carboxylic acids is 1. The second-order valence-corrected chi connectivity index (χ2v) is 5.00. The first-order valence-corrected chi connectivity index (χ1v) is 6.81. The van der Waals surface area contributed by atoms with E-state index < -0.39 is 6.10 Å². The highest BCUT2D eigenvalue weighted by Crippen LogP contribution is 2.30. The van der Waals surface area contributed by atoms with Crippen LogP contribution >= 0.6 is 0 Å². The fourth-order valence-corrected chi connectivity index (χ4v) is 2.63. The minimum Gasteiger partial charge on any atom is -0.363 e. The summed E-state index contributed by atoms with van der Waals surface area (Å²) in [4.78, 5) is 12.4. The molecule has 1 atom stereocenters. The van der Waals surface area contributed by atoms with Gasteiger partial charge in [0.2, 0.25) is 0 Å². The lowest BCUT2D eigenvalue weighted by Crippen LogP contribution is -2.28. The monoisotopic (exact) mass is 267 g/mol. The molecule has 0 saturated heterocycles. The third-order valence-corrected chi connectivity index (χ3v) is 3.64. The van der Waals surface area contributed by atoms with Gasteiger partial charge in [0.05, 0.1) is 6.61 Å². The summed E-state index contributed by atoms with van der Waals surface area (Å²) in [7, 11) is 0. The van der Waals surface area contributed by atoms with Gasteiger partial charge in [0.25, 0.3) is 5.91 Å². The summed E-state index contributed by atoms with van der Waals surface area (Å²) < 4.78 is 5.68. The molecular formula is C17H17NO2. The predicted molar refractivity (Wildman–Crippen MR) is 78.6 cm³/mol. The van der Waals surface area contributed by atoms with E-state index in [9.17, 15) is 4.79 Å². The molecule has 1 amide bonds. The molecule has 0 bridgehead atoms. The van der Waals surface area contributed by atoms with Crippen molar-refractivity contribution < 1.29 is 9.53 Å². The Labute approximate surface area is 118 Å². The van der Waals surface area contributed by atoms with Crippen LogP contribution in [0.2, 0.25) is 0 Å². The van der Waals surface area contributed by atoms with Crippen LogP contribution in [-0.2, 0) is 16.0 Å². The second-order valence-electron chi connectivity index (χ2n) is 5.00. The summed E-state index contributed by atoms with van der Waals surface area (Å²) >= 11 is 0. The van der Waals surface area contributed by atoms with E-state index in [0.717, 1.165) is 17.7 Å². The fourth-order valence-electron chi connectivity index (χ4n) is 2.63. The van der Waals surface area contributed by atoms with Crippen molar-refractivity contribution in [3.63, 3.8) is 0 Å². The molecule has 0 radical (unpaired) electrons. The molecule has 1 heterocycles. The summed E-state index contributed by atoms with van der Waals surface area (Å²) in [6, 6.07) is 15.5. The van der Waals surface area contributed by atoms with Gasteiger partial charge in [-0.05, 0) is 42.2 Å². The van der Waals surface area contributed by atoms with E-state index in [4.69, 9.17) is 4.74 Å². The number of rotatable bonds is 2. The summed E-state index contributed by atoms with van der Waals surface area (Å²) in [6.07, 6.45) is 0.357. The summed E-state index contributed by atoms with van der Waals surface area (Å²) in [5, 5.41) is 2.91. The standard InChI is InChI=1S/C17H17NO2/c1-12-6-5-9-15-14(12)10-11-20-16(15)17(19)18-13-7-3-2-4-8-13/h2-9,16H,10-11H2,1H3,(H,18,19). The molecule has 0 saturated carbocycles. The quantitative estimate of drug-likeness (QED) is 0.907. The van der Waals surface area contributed by atoms with Crippen LogP contribution in [0.5, 0.6) is 0 Å². The van der Waals surface area contributed by atoms with E-state index in [2.05, 4.69) is 18.3 Å². The number of fused-ring (bicyclic) bond motifs is 1. The van der Waals surface area contributed by atoms with Crippen LogP contribution < -0.4 is 5.32 Å². The van der Waals surface area contributed by atoms with Crippen LogP contribution in [0.25, 0.3) is 0 Å². The maximum atomic E-state index is 12.4. The summed E-state index contributed by atoms with van der Waals surface area (Å²) in [5.74, 6) is -0.109. The lowest BCUT2D eigenvalue weighted by molar-refractivity contribution is -0.128. The summed E-state index contributed by atoms with van der Waals surface area (Å²) in [5.41, 5.74) is 4.25. The number of hydrogen-bond donors (Lipinski definition) is 1. The minimum atomic E-state index is -0.515. The highest BCUT2D eigenvalue weighted by Gasteiger charge is 2.28.